The van der Waals surface area contributed by atoms with Gasteiger partial charge in [0.05, 0.1) is 0 Å². The predicted octanol–water partition coefficient (Wildman–Crippen LogP) is 7.00. The van der Waals surface area contributed by atoms with E-state index in [1.807, 2.05) is 6.07 Å². The van der Waals surface area contributed by atoms with Crippen LogP contribution in [0.5, 0.6) is 0 Å². The van der Waals surface area contributed by atoms with Crippen LogP contribution in [0.25, 0.3) is 11.3 Å². The van der Waals surface area contributed by atoms with E-state index in [1.54, 1.807) is 9.84 Å². The Hall–Kier alpha value is -0.701. The third kappa shape index (κ3) is 5.15. The Morgan fingerprint density at radius 3 is 1.92 bits per heavy atom. The van der Waals surface area contributed by atoms with Crippen LogP contribution < -0.4 is 3.58 Å². The van der Waals surface area contributed by atoms with Gasteiger partial charge in [-0.15, -0.1) is 0 Å². The van der Waals surface area contributed by atoms with Gasteiger partial charge in [0.2, 0.25) is 0 Å². The molecule has 0 atom stereocenters. The monoisotopic (exact) mass is 434 g/mol. The molecule has 1 nitrogen and oxygen atoms in total. The molecule has 0 aliphatic rings. The zero-order valence-electron chi connectivity index (χ0n) is 15.8. The molecule has 0 bridgehead atoms. The molecule has 24 heavy (non-hydrogen) atoms. The van der Waals surface area contributed by atoms with Gasteiger partial charge in [0.1, 0.15) is 0 Å². The third-order valence-corrected chi connectivity index (χ3v) is 20.9. The Labute approximate surface area is 152 Å². The quantitative estimate of drug-likeness (QED) is 0.348. The summed E-state index contributed by atoms with van der Waals surface area (Å²) in [5.74, 6) is 1.01. The molecular weight excluding hydrogens is 399 g/mol. The first-order chi connectivity index (χ1) is 11.8. The van der Waals surface area contributed by atoms with E-state index in [1.165, 1.54) is 57.4 Å². The summed E-state index contributed by atoms with van der Waals surface area (Å²) in [4.78, 5) is 0. The minimum atomic E-state index is -2.32. The molecule has 0 N–H and O–H groups in total. The van der Waals surface area contributed by atoms with Gasteiger partial charge in [-0.25, -0.2) is 0 Å². The van der Waals surface area contributed by atoms with Gasteiger partial charge in [0.15, 0.2) is 0 Å². The Morgan fingerprint density at radius 2 is 1.42 bits per heavy atom. The van der Waals surface area contributed by atoms with Crippen molar-refractivity contribution in [3.8, 4) is 11.3 Å². The second-order valence-electron chi connectivity index (χ2n) is 7.15. The van der Waals surface area contributed by atoms with E-state index in [9.17, 15) is 0 Å². The van der Waals surface area contributed by atoms with Crippen molar-refractivity contribution in [3.63, 3.8) is 0 Å². The van der Waals surface area contributed by atoms with Crippen LogP contribution in [0, 0.1) is 0 Å². The van der Waals surface area contributed by atoms with E-state index in [2.05, 4.69) is 51.1 Å². The van der Waals surface area contributed by atoms with Crippen LogP contribution in [0.2, 0.25) is 13.3 Å². The first kappa shape index (κ1) is 19.6. The van der Waals surface area contributed by atoms with Crippen molar-refractivity contribution in [2.75, 3.05) is 0 Å². The molecule has 0 radical (unpaired) electrons. The Bertz CT molecular complexity index is 552. The van der Waals surface area contributed by atoms with E-state index in [0.717, 1.165) is 5.76 Å². The zero-order valence-corrected chi connectivity index (χ0v) is 18.7. The van der Waals surface area contributed by atoms with E-state index < -0.39 is 18.4 Å². The van der Waals surface area contributed by atoms with Crippen molar-refractivity contribution < 1.29 is 4.42 Å². The van der Waals surface area contributed by atoms with Gasteiger partial charge in [-0.3, -0.25) is 0 Å². The SMILES string of the molecule is CCC[CH2][Sn]([CH2]CCC)([CH2]CCC)[c]1cccc(-c2ccco2)c1. The summed E-state index contributed by atoms with van der Waals surface area (Å²) in [6.07, 6.45) is 10.00. The van der Waals surface area contributed by atoms with Gasteiger partial charge in [-0.2, -0.15) is 0 Å². The number of unbranched alkanes of at least 4 members (excludes halogenated alkanes) is 3. The van der Waals surface area contributed by atoms with Gasteiger partial charge in [-0.05, 0) is 0 Å². The first-order valence-corrected chi connectivity index (χ1v) is 17.4. The van der Waals surface area contributed by atoms with Crippen molar-refractivity contribution >= 4 is 22.0 Å². The number of hydrogen-bond acceptors (Lipinski definition) is 1. The molecule has 1 aromatic carbocycles. The molecule has 0 amide bonds. The number of rotatable bonds is 11. The second kappa shape index (κ2) is 10.3. The molecule has 132 valence electrons. The molecule has 0 aliphatic heterocycles. The Balaban J connectivity index is 2.37. The predicted molar refractivity (Wildman–Crippen MR) is 109 cm³/mol. The van der Waals surface area contributed by atoms with Crippen LogP contribution in [-0.2, 0) is 0 Å². The van der Waals surface area contributed by atoms with Crippen molar-refractivity contribution in [1.82, 2.24) is 0 Å². The van der Waals surface area contributed by atoms with Crippen molar-refractivity contribution in [3.05, 3.63) is 42.7 Å². The molecule has 2 heteroatoms. The molecular formula is C22H34OSn. The fourth-order valence-corrected chi connectivity index (χ4v) is 19.8. The van der Waals surface area contributed by atoms with Crippen molar-refractivity contribution in [2.45, 2.75) is 72.6 Å². The zero-order chi connectivity index (χ0) is 17.3. The van der Waals surface area contributed by atoms with Crippen molar-refractivity contribution in [1.29, 1.82) is 0 Å². The van der Waals surface area contributed by atoms with Crippen LogP contribution in [0.15, 0.2) is 47.1 Å². The van der Waals surface area contributed by atoms with Crippen molar-refractivity contribution in [2.24, 2.45) is 0 Å². The normalized spacial score (nSPS) is 11.8. The topological polar surface area (TPSA) is 13.1 Å². The maximum atomic E-state index is 5.65. The molecule has 0 unspecified atom stereocenters. The molecule has 1 aromatic heterocycles. The molecule has 0 saturated carbocycles. The fourth-order valence-electron chi connectivity index (χ4n) is 3.80. The average molecular weight is 433 g/mol. The Morgan fingerprint density at radius 1 is 0.792 bits per heavy atom. The summed E-state index contributed by atoms with van der Waals surface area (Å²) >= 11 is -2.32. The summed E-state index contributed by atoms with van der Waals surface area (Å²) in [6, 6.07) is 13.5. The van der Waals surface area contributed by atoms with E-state index >= 15 is 0 Å². The summed E-state index contributed by atoms with van der Waals surface area (Å²) in [5, 5.41) is 0. The molecule has 0 fully saturated rings. The number of benzene rings is 1. The van der Waals surface area contributed by atoms with Crippen LogP contribution in [0.4, 0.5) is 0 Å². The summed E-state index contributed by atoms with van der Waals surface area (Å²) in [6.45, 7) is 7.03. The number of furan rings is 1. The molecule has 2 rings (SSSR count). The maximum absolute atomic E-state index is 5.65. The molecule has 1 heterocycles. The van der Waals surface area contributed by atoms with Gasteiger partial charge < -0.3 is 0 Å². The van der Waals surface area contributed by atoms with Gasteiger partial charge >= 0.3 is 153 Å². The molecule has 0 saturated heterocycles. The third-order valence-electron chi connectivity index (χ3n) is 5.31. The molecule has 0 aliphatic carbocycles. The van der Waals surface area contributed by atoms with Gasteiger partial charge in [0.25, 0.3) is 0 Å². The summed E-state index contributed by atoms with van der Waals surface area (Å²) in [7, 11) is 0. The molecule has 2 aromatic rings. The van der Waals surface area contributed by atoms with Crippen LogP contribution in [0.3, 0.4) is 0 Å². The van der Waals surface area contributed by atoms with Crippen LogP contribution >= 0.6 is 0 Å². The first-order valence-electron chi connectivity index (χ1n) is 9.90. The summed E-state index contributed by atoms with van der Waals surface area (Å²) in [5.41, 5.74) is 1.27. The molecule has 0 spiro atoms. The van der Waals surface area contributed by atoms with Crippen LogP contribution in [0.1, 0.15) is 59.3 Å². The summed E-state index contributed by atoms with van der Waals surface area (Å²) < 4.78 is 11.9. The van der Waals surface area contributed by atoms with Gasteiger partial charge in [0, 0.05) is 0 Å². The van der Waals surface area contributed by atoms with E-state index in [0.29, 0.717) is 0 Å². The Kier molecular flexibility index (Phi) is 8.44. The van der Waals surface area contributed by atoms with Crippen LogP contribution in [-0.4, -0.2) is 18.4 Å². The van der Waals surface area contributed by atoms with E-state index in [4.69, 9.17) is 4.42 Å². The fraction of sp³-hybridized carbons (Fsp3) is 0.545. The second-order valence-corrected chi connectivity index (χ2v) is 20.4. The van der Waals surface area contributed by atoms with E-state index in [-0.39, 0.29) is 0 Å². The standard InChI is InChI=1S/C10H7O.3C4H9.Sn/c1-2-5-9(6-3-1)10-7-4-8-11-10;3*1-3-4-2;/h1-2,4-8H;3*1,3-4H2,2H3;. The minimum absolute atomic E-state index is 1.01. The number of hydrogen-bond donors (Lipinski definition) is 0. The average Bonchev–Trinajstić information content (AvgIpc) is 3.16. The van der Waals surface area contributed by atoms with Gasteiger partial charge in [-0.1, -0.05) is 0 Å².